The molecule has 156 valence electrons. The van der Waals surface area contributed by atoms with Crippen molar-refractivity contribution in [3.05, 3.63) is 53.1 Å². The Balaban J connectivity index is 1.53. The number of rotatable bonds is 7. The van der Waals surface area contributed by atoms with Gasteiger partial charge in [-0.2, -0.15) is 0 Å². The molecular weight excluding hydrogens is 392 g/mol. The number of piperazine rings is 1. The van der Waals surface area contributed by atoms with Gasteiger partial charge in [-0.15, -0.1) is 0 Å². The predicted molar refractivity (Wildman–Crippen MR) is 113 cm³/mol. The van der Waals surface area contributed by atoms with E-state index in [0.717, 1.165) is 36.7 Å². The van der Waals surface area contributed by atoms with Crippen molar-refractivity contribution in [1.82, 2.24) is 9.80 Å². The number of methoxy groups -OCH3 is 2. The Morgan fingerprint density at radius 1 is 1.00 bits per heavy atom. The molecule has 29 heavy (non-hydrogen) atoms. The topological polar surface area (TPSA) is 51.2 Å². The highest BCUT2D eigenvalue weighted by Crippen LogP contribution is 2.26. The molecule has 1 amide bonds. The van der Waals surface area contributed by atoms with Crippen molar-refractivity contribution in [2.75, 3.05) is 40.4 Å². The highest BCUT2D eigenvalue weighted by atomic mass is 35.5. The maximum absolute atomic E-state index is 12.7. The first kappa shape index (κ1) is 21.3. The van der Waals surface area contributed by atoms with Crippen LogP contribution in [-0.2, 0) is 11.3 Å². The van der Waals surface area contributed by atoms with Gasteiger partial charge in [-0.05, 0) is 49.4 Å². The van der Waals surface area contributed by atoms with Gasteiger partial charge in [0.25, 0.3) is 5.91 Å². The summed E-state index contributed by atoms with van der Waals surface area (Å²) in [6, 6.07) is 12.8. The van der Waals surface area contributed by atoms with Crippen LogP contribution in [0.25, 0.3) is 0 Å². The lowest BCUT2D eigenvalue weighted by Crippen LogP contribution is -2.51. The van der Waals surface area contributed by atoms with E-state index >= 15 is 0 Å². The first-order chi connectivity index (χ1) is 14.0. The molecule has 3 rings (SSSR count). The third-order valence-corrected chi connectivity index (χ3v) is 5.29. The summed E-state index contributed by atoms with van der Waals surface area (Å²) in [5.74, 6) is 2.29. The molecule has 0 saturated carbocycles. The van der Waals surface area contributed by atoms with Gasteiger partial charge in [0.1, 0.15) is 17.2 Å². The molecule has 2 aromatic rings. The maximum Gasteiger partial charge on any atom is 0.263 e. The molecule has 1 aliphatic heterocycles. The quantitative estimate of drug-likeness (QED) is 0.689. The molecule has 1 saturated heterocycles. The fourth-order valence-corrected chi connectivity index (χ4v) is 3.52. The molecule has 0 radical (unpaired) electrons. The summed E-state index contributed by atoms with van der Waals surface area (Å²) < 4.78 is 16.6. The molecule has 0 bridgehead atoms. The van der Waals surface area contributed by atoms with E-state index in [1.54, 1.807) is 45.4 Å². The van der Waals surface area contributed by atoms with E-state index in [2.05, 4.69) is 4.90 Å². The van der Waals surface area contributed by atoms with Crippen molar-refractivity contribution < 1.29 is 19.0 Å². The normalized spacial score (nSPS) is 15.7. The van der Waals surface area contributed by atoms with Crippen LogP contribution >= 0.6 is 11.6 Å². The molecule has 1 fully saturated rings. The first-order valence-corrected chi connectivity index (χ1v) is 10.0. The Hall–Kier alpha value is -2.44. The van der Waals surface area contributed by atoms with Crippen LogP contribution in [-0.4, -0.2) is 62.2 Å². The third-order valence-electron chi connectivity index (χ3n) is 5.04. The molecule has 0 spiro atoms. The summed E-state index contributed by atoms with van der Waals surface area (Å²) in [6.07, 6.45) is -0.541. The summed E-state index contributed by atoms with van der Waals surface area (Å²) >= 11 is 5.89. The number of carbonyl (C=O) groups is 1. The predicted octanol–water partition coefficient (Wildman–Crippen LogP) is 3.47. The smallest absolute Gasteiger partial charge is 0.263 e. The maximum atomic E-state index is 12.7. The fraction of sp³-hybridized carbons (Fsp3) is 0.409. The lowest BCUT2D eigenvalue weighted by molar-refractivity contribution is -0.139. The number of amides is 1. The minimum absolute atomic E-state index is 0.00133. The monoisotopic (exact) mass is 418 g/mol. The zero-order chi connectivity index (χ0) is 20.8. The molecule has 2 aromatic carbocycles. The van der Waals surface area contributed by atoms with Gasteiger partial charge in [0.05, 0.1) is 14.2 Å². The van der Waals surface area contributed by atoms with Crippen molar-refractivity contribution in [3.63, 3.8) is 0 Å². The van der Waals surface area contributed by atoms with E-state index in [9.17, 15) is 4.79 Å². The van der Waals surface area contributed by atoms with Gasteiger partial charge < -0.3 is 19.1 Å². The standard InChI is InChI=1S/C22H27ClN2O4/c1-16(29-19-6-4-18(23)5-7-19)22(26)25-12-10-24(11-13-25)15-17-14-20(27-2)8-9-21(17)28-3/h4-9,14,16H,10-13,15H2,1-3H3. The van der Waals surface area contributed by atoms with Crippen molar-refractivity contribution in [1.29, 1.82) is 0 Å². The van der Waals surface area contributed by atoms with Crippen LogP contribution in [0.5, 0.6) is 17.2 Å². The molecule has 0 aromatic heterocycles. The number of nitrogens with zero attached hydrogens (tertiary/aromatic N) is 2. The van der Waals surface area contributed by atoms with Crippen LogP contribution < -0.4 is 14.2 Å². The Morgan fingerprint density at radius 2 is 1.66 bits per heavy atom. The van der Waals surface area contributed by atoms with Crippen LogP contribution in [0.2, 0.25) is 5.02 Å². The second-order valence-corrected chi connectivity index (χ2v) is 7.43. The summed E-state index contributed by atoms with van der Waals surface area (Å²) in [7, 11) is 3.33. The Bertz CT molecular complexity index is 820. The van der Waals surface area contributed by atoms with E-state index in [4.69, 9.17) is 25.8 Å². The summed E-state index contributed by atoms with van der Waals surface area (Å²) in [5, 5.41) is 0.639. The molecule has 1 aliphatic rings. The minimum Gasteiger partial charge on any atom is -0.497 e. The van der Waals surface area contributed by atoms with Crippen molar-refractivity contribution in [3.8, 4) is 17.2 Å². The zero-order valence-corrected chi connectivity index (χ0v) is 17.8. The molecule has 1 atom stereocenters. The number of halogens is 1. The second-order valence-electron chi connectivity index (χ2n) is 6.99. The van der Waals surface area contributed by atoms with Crippen molar-refractivity contribution >= 4 is 17.5 Å². The summed E-state index contributed by atoms with van der Waals surface area (Å²) in [5.41, 5.74) is 1.08. The summed E-state index contributed by atoms with van der Waals surface area (Å²) in [4.78, 5) is 16.9. The van der Waals surface area contributed by atoms with Gasteiger partial charge in [-0.1, -0.05) is 11.6 Å². The van der Waals surface area contributed by atoms with E-state index in [1.807, 2.05) is 23.1 Å². The molecule has 6 nitrogen and oxygen atoms in total. The lowest BCUT2D eigenvalue weighted by atomic mass is 10.1. The van der Waals surface area contributed by atoms with E-state index in [0.29, 0.717) is 23.9 Å². The SMILES string of the molecule is COc1ccc(OC)c(CN2CCN(C(=O)C(C)Oc3ccc(Cl)cc3)CC2)c1. The Labute approximate surface area is 176 Å². The highest BCUT2D eigenvalue weighted by molar-refractivity contribution is 6.30. The van der Waals surface area contributed by atoms with Gasteiger partial charge in [-0.3, -0.25) is 9.69 Å². The molecule has 1 heterocycles. The second kappa shape index (κ2) is 9.85. The van der Waals surface area contributed by atoms with Crippen LogP contribution in [0.4, 0.5) is 0 Å². The minimum atomic E-state index is -0.541. The summed E-state index contributed by atoms with van der Waals surface area (Å²) in [6.45, 7) is 5.45. The fourth-order valence-electron chi connectivity index (χ4n) is 3.40. The lowest BCUT2D eigenvalue weighted by Gasteiger charge is -2.36. The van der Waals surface area contributed by atoms with E-state index in [1.165, 1.54) is 0 Å². The number of carbonyl (C=O) groups excluding carboxylic acids is 1. The van der Waals surface area contributed by atoms with Gasteiger partial charge in [-0.25, -0.2) is 0 Å². The average molecular weight is 419 g/mol. The van der Waals surface area contributed by atoms with E-state index in [-0.39, 0.29) is 5.91 Å². The van der Waals surface area contributed by atoms with Crippen molar-refractivity contribution in [2.24, 2.45) is 0 Å². The molecule has 0 N–H and O–H groups in total. The Kier molecular flexibility index (Phi) is 7.23. The van der Waals surface area contributed by atoms with Crippen LogP contribution in [0.3, 0.4) is 0 Å². The number of ether oxygens (including phenoxy) is 3. The molecular formula is C22H27ClN2O4. The van der Waals surface area contributed by atoms with Gasteiger partial charge >= 0.3 is 0 Å². The van der Waals surface area contributed by atoms with Crippen LogP contribution in [0.1, 0.15) is 12.5 Å². The molecule has 0 aliphatic carbocycles. The number of benzene rings is 2. The van der Waals surface area contributed by atoms with Crippen molar-refractivity contribution in [2.45, 2.75) is 19.6 Å². The largest absolute Gasteiger partial charge is 0.497 e. The van der Waals surface area contributed by atoms with Crippen LogP contribution in [0, 0.1) is 0 Å². The highest BCUT2D eigenvalue weighted by Gasteiger charge is 2.26. The van der Waals surface area contributed by atoms with Crippen LogP contribution in [0.15, 0.2) is 42.5 Å². The zero-order valence-electron chi connectivity index (χ0n) is 17.1. The van der Waals surface area contributed by atoms with Gasteiger partial charge in [0, 0.05) is 43.3 Å². The third kappa shape index (κ3) is 5.55. The average Bonchev–Trinajstić information content (AvgIpc) is 2.75. The first-order valence-electron chi connectivity index (χ1n) is 9.64. The van der Waals surface area contributed by atoms with Gasteiger partial charge in [0.15, 0.2) is 6.10 Å². The Morgan fingerprint density at radius 3 is 2.28 bits per heavy atom. The number of hydrogen-bond acceptors (Lipinski definition) is 5. The molecule has 7 heteroatoms. The molecule has 1 unspecified atom stereocenters. The van der Waals surface area contributed by atoms with Gasteiger partial charge in [0.2, 0.25) is 0 Å². The number of hydrogen-bond donors (Lipinski definition) is 0. The van der Waals surface area contributed by atoms with E-state index < -0.39 is 6.10 Å².